The number of nitrogens with zero attached hydrogens (tertiary/aromatic N) is 2. The Morgan fingerprint density at radius 1 is 0.456 bits per heavy atom. The van der Waals surface area contributed by atoms with Crippen molar-refractivity contribution in [2.75, 3.05) is 20.0 Å². The number of pyridine rings is 2. The van der Waals surface area contributed by atoms with Crippen LogP contribution in [0.3, 0.4) is 0 Å². The van der Waals surface area contributed by atoms with E-state index in [2.05, 4.69) is 34.2 Å². The van der Waals surface area contributed by atoms with Crippen LogP contribution in [-0.2, 0) is 14.4 Å². The van der Waals surface area contributed by atoms with Gasteiger partial charge in [0.15, 0.2) is 20.0 Å². The second-order valence-corrected chi connectivity index (χ2v) is 13.4. The number of halogens is 9. The fraction of sp³-hybridized carbons (Fsp3) is 0.167. The molecule has 57 heavy (non-hydrogen) atoms. The Bertz CT molecular complexity index is 2070. The van der Waals surface area contributed by atoms with Crippen molar-refractivity contribution in [3.63, 3.8) is 0 Å². The average Bonchev–Trinajstić information content (AvgIpc) is 4.05. The van der Waals surface area contributed by atoms with Crippen LogP contribution in [-0.4, -0.2) is 82.5 Å². The molecule has 0 aliphatic rings. The van der Waals surface area contributed by atoms with E-state index in [0.29, 0.717) is 0 Å². The molecule has 8 nitrogen and oxygen atoms in total. The zero-order chi connectivity index (χ0) is 41.7. The molecule has 1 aromatic carbocycles. The molecule has 21 heteroatoms. The number of carbonyl (C=O) groups excluding carboxylic acids is 6. The van der Waals surface area contributed by atoms with Crippen molar-refractivity contribution in [3.8, 4) is 0 Å². The molecule has 0 spiro atoms. The van der Waals surface area contributed by atoms with Crippen LogP contribution in [0.15, 0.2) is 101 Å². The molecule has 6 aromatic rings. The second kappa shape index (κ2) is 22.3. The zero-order valence-corrected chi connectivity index (χ0v) is 33.2. The van der Waals surface area contributed by atoms with Crippen LogP contribution in [0.5, 0.6) is 0 Å². The van der Waals surface area contributed by atoms with E-state index in [0.717, 1.165) is 74.0 Å². The Hall–Kier alpha value is -3.89. The number of fused-ring (bicyclic) bond motifs is 3. The molecule has 5 aromatic heterocycles. The molecule has 6 rings (SSSR count). The van der Waals surface area contributed by atoms with Gasteiger partial charge in [-0.05, 0) is 46.5 Å². The smallest absolute Gasteiger partial charge is 0.289 e. The Morgan fingerprint density at radius 2 is 0.737 bits per heavy atom. The Labute approximate surface area is 368 Å². The summed E-state index contributed by atoms with van der Waals surface area (Å²) in [5.74, 6) is -23.7. The molecule has 0 saturated heterocycles. The summed E-state index contributed by atoms with van der Waals surface area (Å²) in [6, 6.07) is 19.8. The molecule has 0 amide bonds. The largest absolute Gasteiger partial charge is 0.370 e. The van der Waals surface area contributed by atoms with Gasteiger partial charge in [-0.1, -0.05) is 42.5 Å². The quantitative estimate of drug-likeness (QED) is 0.0515. The van der Waals surface area contributed by atoms with Crippen molar-refractivity contribution in [3.05, 3.63) is 116 Å². The van der Waals surface area contributed by atoms with Crippen LogP contribution < -0.4 is 0 Å². The molecule has 0 saturated carbocycles. The summed E-state index contributed by atoms with van der Waals surface area (Å²) in [7, 11) is 0. The maximum Gasteiger partial charge on any atom is 0.370 e. The Kier molecular flexibility index (Phi) is 19.3. The summed E-state index contributed by atoms with van der Waals surface area (Å²) < 4.78 is 112. The third kappa shape index (κ3) is 12.6. The predicted octanol–water partition coefficient (Wildman–Crippen LogP) is 9.10. The van der Waals surface area contributed by atoms with Crippen molar-refractivity contribution >= 4 is 90.5 Å². The molecule has 0 bridgehead atoms. The summed E-state index contributed by atoms with van der Waals surface area (Å²) in [6.07, 6.45) is 3.60. The molecule has 5 heterocycles. The van der Waals surface area contributed by atoms with E-state index in [9.17, 15) is 68.3 Å². The van der Waals surface area contributed by atoms with Gasteiger partial charge in [0.1, 0.15) is 0 Å². The first-order valence-corrected chi connectivity index (χ1v) is 17.8. The number of carbonyl (C=O) groups is 6. The minimum Gasteiger partial charge on any atom is -0.289 e. The molecule has 0 N–H and O–H groups in total. The number of ketones is 6. The number of aromatic nitrogens is 2. The maximum absolute atomic E-state index is 12.8. The molecule has 0 aliphatic carbocycles. The van der Waals surface area contributed by atoms with Crippen LogP contribution >= 0.6 is 34.0 Å². The van der Waals surface area contributed by atoms with Gasteiger partial charge in [0, 0.05) is 72.5 Å². The van der Waals surface area contributed by atoms with Gasteiger partial charge in [-0.15, -0.1) is 34.0 Å². The topological polar surface area (TPSA) is 128 Å². The van der Waals surface area contributed by atoms with E-state index in [1.54, 1.807) is 12.4 Å². The van der Waals surface area contributed by atoms with E-state index < -0.39 is 72.5 Å². The predicted molar refractivity (Wildman–Crippen MR) is 191 cm³/mol. The van der Waals surface area contributed by atoms with Crippen LogP contribution in [0.1, 0.15) is 29.0 Å². The first kappa shape index (κ1) is 49.3. The third-order valence-corrected chi connectivity index (χ3v) is 9.46. The fourth-order valence-electron chi connectivity index (χ4n) is 4.00. The standard InChI is InChI=1S/C12H8N2.3C8H5F3O2S.Eu/c1-3-9-5-6-10-4-2-8-14-12(10)11(9)13-7-1;3*9-4-6(12)8(10,11)7(13)5-2-1-3-14-5;/h1-8H;3*1-3H,4H2;. The SMILES string of the molecule is O=C(CF)C(F)(F)C(=O)c1cccs1.O=C(CF)C(F)(F)C(=O)c1cccs1.O=C(CF)C(F)(F)C(=O)c1cccs1.[Eu].c1cnc2c(c1)ccc1cccnc12. The van der Waals surface area contributed by atoms with Gasteiger partial charge in [0.05, 0.1) is 25.7 Å². The number of thiophene rings is 3. The summed E-state index contributed by atoms with van der Waals surface area (Å²) in [5, 5.41) is 6.53. The van der Waals surface area contributed by atoms with Crippen LogP contribution in [0, 0.1) is 49.4 Å². The molecule has 301 valence electrons. The first-order valence-electron chi connectivity index (χ1n) is 15.2. The van der Waals surface area contributed by atoms with Crippen molar-refractivity contribution < 1.29 is 118 Å². The second-order valence-electron chi connectivity index (χ2n) is 10.5. The van der Waals surface area contributed by atoms with E-state index in [4.69, 9.17) is 0 Å². The number of rotatable bonds is 12. The minimum absolute atomic E-state index is 0. The van der Waals surface area contributed by atoms with E-state index >= 15 is 0 Å². The van der Waals surface area contributed by atoms with Gasteiger partial charge < -0.3 is 0 Å². The van der Waals surface area contributed by atoms with Crippen molar-refractivity contribution in [1.29, 1.82) is 0 Å². The number of Topliss-reactive ketones (excluding diaryl/α,β-unsaturated/α-hetero) is 6. The molecular weight excluding hydrogens is 976 g/mol. The van der Waals surface area contributed by atoms with Crippen LogP contribution in [0.4, 0.5) is 39.5 Å². The number of benzene rings is 1. The summed E-state index contributed by atoms with van der Waals surface area (Å²) in [6.45, 7) is -5.53. The zero-order valence-electron chi connectivity index (χ0n) is 28.3. The first-order chi connectivity index (χ1) is 26.4. The normalized spacial score (nSPS) is 11.0. The Balaban J connectivity index is 0.000000261. The summed E-state index contributed by atoms with van der Waals surface area (Å²) >= 11 is 2.34. The number of hydrogen-bond acceptors (Lipinski definition) is 11. The van der Waals surface area contributed by atoms with Crippen LogP contribution in [0.25, 0.3) is 21.8 Å². The third-order valence-electron chi connectivity index (χ3n) is 6.85. The van der Waals surface area contributed by atoms with Gasteiger partial charge in [-0.25, -0.2) is 13.2 Å². The van der Waals surface area contributed by atoms with Gasteiger partial charge >= 0.3 is 17.8 Å². The van der Waals surface area contributed by atoms with Crippen molar-refractivity contribution in [1.82, 2.24) is 9.97 Å². The summed E-state index contributed by atoms with van der Waals surface area (Å²) in [4.78, 5) is 72.2. The molecule has 0 unspecified atom stereocenters. The average molecular weight is 999 g/mol. The molecule has 0 atom stereocenters. The van der Waals surface area contributed by atoms with Gasteiger partial charge in [0.25, 0.3) is 0 Å². The Morgan fingerprint density at radius 3 is 0.965 bits per heavy atom. The molecular formula is C36H23EuF9N2O6S3. The van der Waals surface area contributed by atoms with Gasteiger partial charge in [0.2, 0.25) is 34.7 Å². The van der Waals surface area contributed by atoms with Gasteiger partial charge in [-0.2, -0.15) is 26.3 Å². The monoisotopic (exact) mass is 999 g/mol. The van der Waals surface area contributed by atoms with E-state index in [-0.39, 0.29) is 64.0 Å². The van der Waals surface area contributed by atoms with Crippen LogP contribution in [0.2, 0.25) is 0 Å². The van der Waals surface area contributed by atoms with Gasteiger partial charge in [-0.3, -0.25) is 38.7 Å². The van der Waals surface area contributed by atoms with E-state index in [1.165, 1.54) is 34.3 Å². The van der Waals surface area contributed by atoms with E-state index in [1.807, 2.05) is 12.1 Å². The number of hydrogen-bond donors (Lipinski definition) is 0. The number of alkyl halides is 9. The molecule has 0 fully saturated rings. The van der Waals surface area contributed by atoms with Crippen molar-refractivity contribution in [2.24, 2.45) is 0 Å². The molecule has 0 aliphatic heterocycles. The maximum atomic E-state index is 12.8. The fourth-order valence-corrected chi connectivity index (χ4v) is 6.09. The van der Waals surface area contributed by atoms with Crippen molar-refractivity contribution in [2.45, 2.75) is 17.8 Å². The summed E-state index contributed by atoms with van der Waals surface area (Å²) in [5.41, 5.74) is 1.95. The minimum atomic E-state index is -4.25. The molecule has 1 radical (unpaired) electrons.